The first-order valence-electron chi connectivity index (χ1n) is 9.86. The van der Waals surface area contributed by atoms with E-state index in [9.17, 15) is 14.9 Å². The zero-order chi connectivity index (χ0) is 24.4. The van der Waals surface area contributed by atoms with Crippen LogP contribution in [-0.2, 0) is 16.1 Å². The molecule has 0 aromatic heterocycles. The van der Waals surface area contributed by atoms with Gasteiger partial charge in [-0.1, -0.05) is 29.8 Å². The summed E-state index contributed by atoms with van der Waals surface area (Å²) in [4.78, 5) is 27.3. The van der Waals surface area contributed by atoms with Crippen LogP contribution in [0.2, 0.25) is 5.02 Å². The topological polar surface area (TPSA) is 91.0 Å². The van der Waals surface area contributed by atoms with E-state index in [4.69, 9.17) is 21.1 Å². The molecule has 0 spiro atoms. The number of benzene rings is 3. The first-order chi connectivity index (χ1) is 16.2. The van der Waals surface area contributed by atoms with Gasteiger partial charge in [-0.15, -0.1) is 0 Å². The second kappa shape index (κ2) is 10.4. The van der Waals surface area contributed by atoms with Gasteiger partial charge in [0, 0.05) is 27.8 Å². The molecule has 4 rings (SSSR count). The number of nitrogens with zero attached hydrogens (tertiary/aromatic N) is 2. The van der Waals surface area contributed by atoms with E-state index in [1.807, 2.05) is 36.4 Å². The van der Waals surface area contributed by atoms with Gasteiger partial charge in [0.15, 0.2) is 5.70 Å². The van der Waals surface area contributed by atoms with E-state index in [0.29, 0.717) is 22.8 Å². The van der Waals surface area contributed by atoms with Gasteiger partial charge >= 0.3 is 5.97 Å². The third kappa shape index (κ3) is 5.41. The molecule has 0 radical (unpaired) electrons. The van der Waals surface area contributed by atoms with Gasteiger partial charge in [-0.25, -0.2) is 9.79 Å². The quantitative estimate of drug-likeness (QED) is 0.0941. The Hall–Kier alpha value is -2.51. The molecule has 1 aliphatic heterocycles. The molecule has 0 N–H and O–H groups in total. The van der Waals surface area contributed by atoms with Crippen molar-refractivity contribution in [2.75, 3.05) is 0 Å². The van der Waals surface area contributed by atoms with Gasteiger partial charge in [-0.3, -0.25) is 10.1 Å². The van der Waals surface area contributed by atoms with E-state index < -0.39 is 10.9 Å². The van der Waals surface area contributed by atoms with Crippen molar-refractivity contribution in [1.82, 2.24) is 0 Å². The van der Waals surface area contributed by atoms with Crippen LogP contribution in [0.15, 0.2) is 65.3 Å². The van der Waals surface area contributed by atoms with Crippen LogP contribution >= 0.6 is 56.8 Å². The summed E-state index contributed by atoms with van der Waals surface area (Å²) < 4.78 is 13.0. The third-order valence-corrected chi connectivity index (χ3v) is 6.89. The van der Waals surface area contributed by atoms with Crippen LogP contribution in [0.1, 0.15) is 22.3 Å². The number of aliphatic imine (C=N–C) groups is 1. The molecular weight excluding hydrogens is 686 g/mol. The first-order valence-corrected chi connectivity index (χ1v) is 12.4. The number of nitro benzene ring substituents is 1. The second-order valence-electron chi connectivity index (χ2n) is 7.29. The lowest BCUT2D eigenvalue weighted by Crippen LogP contribution is -2.06. The number of rotatable bonds is 6. The lowest BCUT2D eigenvalue weighted by Gasteiger charge is -2.12. The van der Waals surface area contributed by atoms with Crippen molar-refractivity contribution in [3.05, 3.63) is 105 Å². The maximum Gasteiger partial charge on any atom is 0.363 e. The van der Waals surface area contributed by atoms with Crippen LogP contribution in [0.25, 0.3) is 6.08 Å². The van der Waals surface area contributed by atoms with Gasteiger partial charge in [0.2, 0.25) is 5.90 Å². The molecule has 1 heterocycles. The maximum absolute atomic E-state index is 12.4. The fraction of sp³-hybridized carbons (Fsp3) is 0.0833. The molecule has 0 atom stereocenters. The number of nitro groups is 1. The van der Waals surface area contributed by atoms with Crippen LogP contribution < -0.4 is 4.74 Å². The first kappa shape index (κ1) is 24.6. The Morgan fingerprint density at radius 1 is 1.15 bits per heavy atom. The minimum atomic E-state index is -0.588. The molecule has 3 aromatic rings. The molecule has 172 valence electrons. The van der Waals surface area contributed by atoms with E-state index in [1.165, 1.54) is 12.1 Å². The number of cyclic esters (lactones) is 1. The van der Waals surface area contributed by atoms with Crippen molar-refractivity contribution >= 4 is 80.4 Å². The summed E-state index contributed by atoms with van der Waals surface area (Å²) in [5.74, 6) is 0.246. The molecule has 0 saturated carbocycles. The molecule has 0 unspecified atom stereocenters. The number of carbonyl (C=O) groups excluding carboxylic acids is 1. The van der Waals surface area contributed by atoms with Crippen molar-refractivity contribution in [3.8, 4) is 5.75 Å². The van der Waals surface area contributed by atoms with Crippen LogP contribution in [0.4, 0.5) is 5.69 Å². The highest BCUT2D eigenvalue weighted by atomic mass is 127. The molecule has 0 amide bonds. The molecule has 7 nitrogen and oxygen atoms in total. The van der Waals surface area contributed by atoms with E-state index >= 15 is 0 Å². The van der Waals surface area contributed by atoms with E-state index in [0.717, 1.165) is 24.0 Å². The van der Waals surface area contributed by atoms with Crippen LogP contribution in [0.5, 0.6) is 5.75 Å². The van der Waals surface area contributed by atoms with E-state index in [2.05, 4.69) is 50.2 Å². The summed E-state index contributed by atoms with van der Waals surface area (Å²) in [5, 5.41) is 11.7. The average Bonchev–Trinajstić information content (AvgIpc) is 3.14. The Balaban J connectivity index is 1.57. The largest absolute Gasteiger partial charge is 0.487 e. The van der Waals surface area contributed by atoms with E-state index in [1.54, 1.807) is 19.1 Å². The summed E-state index contributed by atoms with van der Waals surface area (Å²) in [6.45, 7) is 1.95. The Labute approximate surface area is 227 Å². The van der Waals surface area contributed by atoms with Crippen LogP contribution in [0.3, 0.4) is 0 Å². The summed E-state index contributed by atoms with van der Waals surface area (Å²) in [7, 11) is 0. The maximum atomic E-state index is 12.4. The number of esters is 1. The monoisotopic (exact) mass is 700 g/mol. The predicted molar refractivity (Wildman–Crippen MR) is 146 cm³/mol. The molecule has 10 heteroatoms. The van der Waals surface area contributed by atoms with Crippen molar-refractivity contribution in [1.29, 1.82) is 0 Å². The highest BCUT2D eigenvalue weighted by Gasteiger charge is 2.25. The summed E-state index contributed by atoms with van der Waals surface area (Å²) >= 11 is 10.6. The summed E-state index contributed by atoms with van der Waals surface area (Å²) in [5.41, 5.74) is 2.73. The zero-order valence-corrected chi connectivity index (χ0v) is 22.6. The van der Waals surface area contributed by atoms with Crippen molar-refractivity contribution < 1.29 is 19.2 Å². The van der Waals surface area contributed by atoms with Gasteiger partial charge in [0.05, 0.1) is 12.1 Å². The fourth-order valence-corrected chi connectivity index (χ4v) is 5.57. The second-order valence-corrected chi connectivity index (χ2v) is 10.0. The SMILES string of the molecule is Cc1cc(C2=N/C(=C\c3cc(I)c(OCc4ccccc4Cl)c(I)c3)C(=O)O2)ccc1[N+](=O)[O-]. The van der Waals surface area contributed by atoms with Crippen LogP contribution in [0, 0.1) is 24.2 Å². The van der Waals surface area contributed by atoms with Crippen molar-refractivity contribution in [2.24, 2.45) is 4.99 Å². The smallest absolute Gasteiger partial charge is 0.363 e. The minimum Gasteiger partial charge on any atom is -0.487 e. The lowest BCUT2D eigenvalue weighted by atomic mass is 10.1. The standard InChI is InChI=1S/C24H15ClI2N2O5/c1-13-8-15(6-7-21(13)29(31)32)23-28-20(24(30)34-23)11-14-9-18(26)22(19(27)10-14)33-12-16-4-2-3-5-17(16)25/h2-11H,12H2,1H3/b20-11-. The Bertz CT molecular complexity index is 1360. The van der Waals surface area contributed by atoms with Gasteiger partial charge in [-0.2, -0.15) is 0 Å². The molecule has 34 heavy (non-hydrogen) atoms. The average molecular weight is 701 g/mol. The van der Waals surface area contributed by atoms with Gasteiger partial charge in [0.25, 0.3) is 5.69 Å². The molecule has 0 aliphatic carbocycles. The minimum absolute atomic E-state index is 0.00886. The lowest BCUT2D eigenvalue weighted by molar-refractivity contribution is -0.385. The molecule has 1 aliphatic rings. The Kier molecular flexibility index (Phi) is 7.53. The number of ether oxygens (including phenoxy) is 2. The summed E-state index contributed by atoms with van der Waals surface area (Å²) in [6, 6.07) is 15.7. The molecule has 0 saturated heterocycles. The number of aryl methyl sites for hydroxylation is 1. The normalized spacial score (nSPS) is 14.2. The third-order valence-electron chi connectivity index (χ3n) is 4.91. The highest BCUT2D eigenvalue weighted by Crippen LogP contribution is 2.32. The molecule has 0 bridgehead atoms. The Morgan fingerprint density at radius 3 is 2.50 bits per heavy atom. The van der Waals surface area contributed by atoms with Crippen molar-refractivity contribution in [2.45, 2.75) is 13.5 Å². The Morgan fingerprint density at radius 2 is 1.85 bits per heavy atom. The molecular formula is C24H15ClI2N2O5. The molecule has 0 fully saturated rings. The number of hydrogen-bond acceptors (Lipinski definition) is 6. The predicted octanol–water partition coefficient (Wildman–Crippen LogP) is 6.69. The zero-order valence-electron chi connectivity index (χ0n) is 17.6. The number of hydrogen-bond donors (Lipinski definition) is 0. The van der Waals surface area contributed by atoms with E-state index in [-0.39, 0.29) is 17.3 Å². The van der Waals surface area contributed by atoms with Gasteiger partial charge in [-0.05, 0) is 94.1 Å². The van der Waals surface area contributed by atoms with Crippen LogP contribution in [-0.4, -0.2) is 16.8 Å². The number of carbonyl (C=O) groups is 1. The van der Waals surface area contributed by atoms with Crippen molar-refractivity contribution in [3.63, 3.8) is 0 Å². The number of halogens is 3. The summed E-state index contributed by atoms with van der Waals surface area (Å²) in [6.07, 6.45) is 1.63. The molecule has 3 aromatic carbocycles. The highest BCUT2D eigenvalue weighted by molar-refractivity contribution is 14.1. The van der Waals surface area contributed by atoms with Gasteiger partial charge < -0.3 is 9.47 Å². The fourth-order valence-electron chi connectivity index (χ4n) is 3.25. The van der Waals surface area contributed by atoms with Gasteiger partial charge in [0.1, 0.15) is 12.4 Å².